The molecule has 4 aromatic rings. The van der Waals surface area contributed by atoms with Crippen molar-refractivity contribution in [2.24, 2.45) is 0 Å². The van der Waals surface area contributed by atoms with Crippen LogP contribution >= 0.6 is 11.8 Å². The predicted molar refractivity (Wildman–Crippen MR) is 116 cm³/mol. The summed E-state index contributed by atoms with van der Waals surface area (Å²) in [6, 6.07) is 22.7. The van der Waals surface area contributed by atoms with Crippen molar-refractivity contribution in [3.8, 4) is 17.2 Å². The van der Waals surface area contributed by atoms with E-state index in [9.17, 15) is 4.79 Å². The fourth-order valence-corrected chi connectivity index (χ4v) is 4.14. The molecule has 1 heterocycles. The van der Waals surface area contributed by atoms with E-state index in [0.717, 1.165) is 22.7 Å². The first kappa shape index (κ1) is 19.1. The third-order valence-electron chi connectivity index (χ3n) is 4.62. The van der Waals surface area contributed by atoms with Crippen LogP contribution in [0.4, 0.5) is 0 Å². The lowest BCUT2D eigenvalue weighted by Crippen LogP contribution is -2.21. The minimum atomic E-state index is -0.0942. The number of hydrogen-bond acceptors (Lipinski definition) is 5. The van der Waals surface area contributed by atoms with Crippen LogP contribution in [0.15, 0.2) is 82.7 Å². The Balaban J connectivity index is 1.81. The lowest BCUT2D eigenvalue weighted by molar-refractivity contribution is 0.411. The van der Waals surface area contributed by atoms with Gasteiger partial charge in [-0.2, -0.15) is 0 Å². The van der Waals surface area contributed by atoms with Crippen molar-refractivity contribution < 1.29 is 9.47 Å². The molecule has 29 heavy (non-hydrogen) atoms. The van der Waals surface area contributed by atoms with Gasteiger partial charge >= 0.3 is 0 Å². The molecule has 0 N–H and O–H groups in total. The van der Waals surface area contributed by atoms with Crippen LogP contribution in [-0.2, 0) is 5.75 Å². The monoisotopic (exact) mass is 404 g/mol. The minimum absolute atomic E-state index is 0.0942. The Bertz CT molecular complexity index is 1200. The van der Waals surface area contributed by atoms with Gasteiger partial charge in [-0.3, -0.25) is 9.36 Å². The van der Waals surface area contributed by atoms with Crippen LogP contribution in [0.3, 0.4) is 0 Å². The Kier molecular flexibility index (Phi) is 5.53. The number of aromatic nitrogens is 2. The molecule has 6 heteroatoms. The summed E-state index contributed by atoms with van der Waals surface area (Å²) in [5.41, 5.74) is 2.38. The van der Waals surface area contributed by atoms with Crippen molar-refractivity contribution in [2.75, 3.05) is 14.2 Å². The van der Waals surface area contributed by atoms with Crippen LogP contribution < -0.4 is 15.0 Å². The summed E-state index contributed by atoms with van der Waals surface area (Å²) < 4.78 is 12.4. The SMILES string of the molecule is COc1ccc(-n2c(SCc3ccccc3OC)nc3ccccc3c2=O)cc1. The van der Waals surface area contributed by atoms with Gasteiger partial charge in [0.25, 0.3) is 5.56 Å². The second-order valence-electron chi connectivity index (χ2n) is 6.35. The average Bonchev–Trinajstić information content (AvgIpc) is 2.78. The number of hydrogen-bond donors (Lipinski definition) is 0. The van der Waals surface area contributed by atoms with Gasteiger partial charge in [-0.15, -0.1) is 0 Å². The van der Waals surface area contributed by atoms with E-state index in [-0.39, 0.29) is 5.56 Å². The topological polar surface area (TPSA) is 53.4 Å². The zero-order chi connectivity index (χ0) is 20.2. The van der Waals surface area contributed by atoms with E-state index in [4.69, 9.17) is 14.5 Å². The Hall–Kier alpha value is -3.25. The molecule has 146 valence electrons. The summed E-state index contributed by atoms with van der Waals surface area (Å²) in [6.07, 6.45) is 0. The Morgan fingerprint density at radius 3 is 2.38 bits per heavy atom. The Labute approximate surface area is 172 Å². The molecule has 5 nitrogen and oxygen atoms in total. The zero-order valence-electron chi connectivity index (χ0n) is 16.2. The highest BCUT2D eigenvalue weighted by Crippen LogP contribution is 2.29. The first-order chi connectivity index (χ1) is 14.2. The molecule has 0 amide bonds. The summed E-state index contributed by atoms with van der Waals surface area (Å²) in [5, 5.41) is 1.22. The van der Waals surface area contributed by atoms with E-state index >= 15 is 0 Å². The second-order valence-corrected chi connectivity index (χ2v) is 7.29. The van der Waals surface area contributed by atoms with Crippen LogP contribution in [0.1, 0.15) is 5.56 Å². The molecule has 0 unspecified atom stereocenters. The first-order valence-corrected chi connectivity index (χ1v) is 10.1. The summed E-state index contributed by atoms with van der Waals surface area (Å²) in [7, 11) is 3.28. The minimum Gasteiger partial charge on any atom is -0.497 e. The lowest BCUT2D eigenvalue weighted by atomic mass is 10.2. The van der Waals surface area contributed by atoms with Crippen molar-refractivity contribution in [3.63, 3.8) is 0 Å². The maximum Gasteiger partial charge on any atom is 0.266 e. The number of ether oxygens (including phenoxy) is 2. The van der Waals surface area contributed by atoms with E-state index in [1.54, 1.807) is 24.9 Å². The molecule has 0 aliphatic heterocycles. The van der Waals surface area contributed by atoms with Crippen LogP contribution in [0.2, 0.25) is 0 Å². The molecule has 0 aliphatic carbocycles. The van der Waals surface area contributed by atoms with Crippen LogP contribution in [-0.4, -0.2) is 23.8 Å². The number of nitrogens with zero attached hydrogens (tertiary/aromatic N) is 2. The van der Waals surface area contributed by atoms with Crippen molar-refractivity contribution >= 4 is 22.7 Å². The van der Waals surface area contributed by atoms with Gasteiger partial charge in [0.1, 0.15) is 11.5 Å². The van der Waals surface area contributed by atoms with Gasteiger partial charge in [-0.1, -0.05) is 42.1 Å². The molecule has 1 aromatic heterocycles. The zero-order valence-corrected chi connectivity index (χ0v) is 17.0. The number of fused-ring (bicyclic) bond motifs is 1. The van der Waals surface area contributed by atoms with Gasteiger partial charge in [0.15, 0.2) is 5.16 Å². The summed E-state index contributed by atoms with van der Waals surface area (Å²) in [5.74, 6) is 2.18. The molecule has 0 saturated carbocycles. The first-order valence-electron chi connectivity index (χ1n) is 9.12. The van der Waals surface area contributed by atoms with Crippen LogP contribution in [0.5, 0.6) is 11.5 Å². The quantitative estimate of drug-likeness (QED) is 0.345. The van der Waals surface area contributed by atoms with Gasteiger partial charge in [-0.25, -0.2) is 4.98 Å². The van der Waals surface area contributed by atoms with Crippen LogP contribution in [0, 0.1) is 0 Å². The summed E-state index contributed by atoms with van der Waals surface area (Å²) in [6.45, 7) is 0. The number of methoxy groups -OCH3 is 2. The second kappa shape index (κ2) is 8.41. The molecule has 0 radical (unpaired) electrons. The summed E-state index contributed by atoms with van der Waals surface area (Å²) in [4.78, 5) is 18.1. The van der Waals surface area contributed by atoms with Gasteiger partial charge in [0.05, 0.1) is 30.8 Å². The summed E-state index contributed by atoms with van der Waals surface area (Å²) >= 11 is 1.50. The lowest BCUT2D eigenvalue weighted by Gasteiger charge is -2.14. The highest BCUT2D eigenvalue weighted by molar-refractivity contribution is 7.98. The van der Waals surface area contributed by atoms with Crippen molar-refractivity contribution in [1.29, 1.82) is 0 Å². The Morgan fingerprint density at radius 2 is 1.62 bits per heavy atom. The number of benzene rings is 3. The molecule has 0 saturated heterocycles. The smallest absolute Gasteiger partial charge is 0.266 e. The predicted octanol–water partition coefficient (Wildman–Crippen LogP) is 4.70. The molecular formula is C23H20N2O3S. The molecule has 0 fully saturated rings. The largest absolute Gasteiger partial charge is 0.497 e. The molecule has 0 atom stereocenters. The van der Waals surface area contributed by atoms with Gasteiger partial charge in [-0.05, 0) is 42.5 Å². The maximum atomic E-state index is 13.3. The fraction of sp³-hybridized carbons (Fsp3) is 0.130. The highest BCUT2D eigenvalue weighted by Gasteiger charge is 2.14. The van der Waals surface area contributed by atoms with E-state index < -0.39 is 0 Å². The van der Waals surface area contributed by atoms with Crippen molar-refractivity contribution in [1.82, 2.24) is 9.55 Å². The fourth-order valence-electron chi connectivity index (χ4n) is 3.13. The van der Waals surface area contributed by atoms with E-state index in [0.29, 0.717) is 21.8 Å². The van der Waals surface area contributed by atoms with E-state index in [1.807, 2.05) is 66.7 Å². The number of rotatable bonds is 6. The van der Waals surface area contributed by atoms with Gasteiger partial charge in [0.2, 0.25) is 0 Å². The van der Waals surface area contributed by atoms with Crippen LogP contribution in [0.25, 0.3) is 16.6 Å². The average molecular weight is 404 g/mol. The normalized spacial score (nSPS) is 10.8. The van der Waals surface area contributed by atoms with E-state index in [1.165, 1.54) is 11.8 Å². The standard InChI is InChI=1S/C23H20N2O3S/c1-27-18-13-11-17(12-14-18)25-22(26)19-8-4-5-9-20(19)24-23(25)29-15-16-7-3-6-10-21(16)28-2/h3-14H,15H2,1-2H3. The van der Waals surface area contributed by atoms with Gasteiger partial charge < -0.3 is 9.47 Å². The van der Waals surface area contributed by atoms with E-state index in [2.05, 4.69) is 0 Å². The third kappa shape index (κ3) is 3.84. The van der Waals surface area contributed by atoms with Gasteiger partial charge in [0, 0.05) is 11.3 Å². The maximum absolute atomic E-state index is 13.3. The van der Waals surface area contributed by atoms with Crippen molar-refractivity contribution in [3.05, 3.63) is 88.7 Å². The molecule has 0 spiro atoms. The molecular weight excluding hydrogens is 384 g/mol. The molecule has 0 aliphatic rings. The molecule has 0 bridgehead atoms. The third-order valence-corrected chi connectivity index (χ3v) is 5.61. The number of thioether (sulfide) groups is 1. The molecule has 3 aromatic carbocycles. The molecule has 4 rings (SSSR count). The highest BCUT2D eigenvalue weighted by atomic mass is 32.2. The number of para-hydroxylation sites is 2. The van der Waals surface area contributed by atoms with Crippen molar-refractivity contribution in [2.45, 2.75) is 10.9 Å². The Morgan fingerprint density at radius 1 is 0.897 bits per heavy atom.